The smallest absolute Gasteiger partial charge is 0.497 e. The molecule has 7 heterocycles. The van der Waals surface area contributed by atoms with Crippen LogP contribution in [0.2, 0.25) is 0 Å². The van der Waals surface area contributed by atoms with Crippen molar-refractivity contribution in [2.75, 3.05) is 4.90 Å². The second-order valence-corrected chi connectivity index (χ2v) is 38.7. The van der Waals surface area contributed by atoms with Gasteiger partial charge in [-0.1, -0.05) is 219 Å². The number of ether oxygens (including phenoxy) is 1. The maximum atomic E-state index is 6.21. The largest absolute Gasteiger partial charge is 2.00 e. The standard InChI is InChI=1S/C44H39N5.C42H44N4S.C36H32N4O.3Pt/c1-29(2)38-22-10-15-32(5)44(38)48-28-40-34-17-12-21-37(26-34)49(35-18-7-6-8-19-35)36-20-11-16-33(25-36)39-27-47(41(45-39)23-24-42(48)46-40)43-30(3)13-9-14-31(43)4;1-28(2)20-34-15-9-16-35(21-29(3)4)42(34)46-25-40(44-27-46)33-14-11-18-37(23-33)47-36-17-10-13-32(22-36)39-24-45(26-43-39)41-31(7)12-8-19-38(41)30(5)6;1-24(2)32-17-7-12-27(5)36(32)40-21-34(38-23-40)29-14-9-16-31(19-29)41-30-15-8-13-28(18-30)33-20-39(22-37-33)35-25(3)10-6-11-26(35)4;;;/h6-22,27-29H,23-24H2,1-5H3;8-19,24-30H,20-21H2,1-7H3;6-17,20-24H,1-5H3;;;/q3*-2;3*+2. The van der Waals surface area contributed by atoms with Crippen LogP contribution in [-0.2, 0) is 88.9 Å². The molecule has 0 fully saturated rings. The van der Waals surface area contributed by atoms with E-state index in [2.05, 4.69) is 429 Å². The Morgan fingerprint density at radius 2 is 0.607 bits per heavy atom. The Bertz CT molecular complexity index is 7480. The minimum absolute atomic E-state index is 0. The van der Waals surface area contributed by atoms with Gasteiger partial charge in [-0.3, -0.25) is 29.9 Å². The molecule has 0 saturated heterocycles. The second-order valence-electron chi connectivity index (χ2n) is 37.6. The van der Waals surface area contributed by atoms with E-state index in [0.717, 1.165) is 125 Å². The molecule has 0 saturated carbocycles. The zero-order valence-electron chi connectivity index (χ0n) is 82.2. The van der Waals surface area contributed by atoms with E-state index in [-0.39, 0.29) is 63.2 Å². The van der Waals surface area contributed by atoms with Gasteiger partial charge in [-0.05, 0) is 218 Å². The third-order valence-electron chi connectivity index (χ3n) is 25.2. The van der Waals surface area contributed by atoms with E-state index in [1.54, 1.807) is 11.8 Å². The van der Waals surface area contributed by atoms with Gasteiger partial charge in [0.25, 0.3) is 0 Å². The summed E-state index contributed by atoms with van der Waals surface area (Å²) in [5.74, 6) is 5.54. The number of anilines is 3. The molecule has 20 rings (SSSR count). The summed E-state index contributed by atoms with van der Waals surface area (Å²) in [7, 11) is 0. The molecule has 19 aromatic rings. The van der Waals surface area contributed by atoms with Crippen LogP contribution in [0.25, 0.3) is 102 Å². The van der Waals surface area contributed by atoms with Crippen molar-refractivity contribution in [3.05, 3.63) is 426 Å². The van der Waals surface area contributed by atoms with Crippen LogP contribution in [0.1, 0.15) is 165 Å². The number of hydrogen-bond donors (Lipinski definition) is 0. The fourth-order valence-corrected chi connectivity index (χ4v) is 19.6. The van der Waals surface area contributed by atoms with Gasteiger partial charge in [0.15, 0.2) is 0 Å². The van der Waals surface area contributed by atoms with E-state index in [9.17, 15) is 0 Å². The Balaban J connectivity index is 0.000000158. The first-order valence-corrected chi connectivity index (χ1v) is 48.4. The Morgan fingerprint density at radius 1 is 0.293 bits per heavy atom. The Morgan fingerprint density at radius 3 is 1.01 bits per heavy atom. The number of aromatic nitrogens is 12. The number of rotatable bonds is 22. The van der Waals surface area contributed by atoms with Crippen LogP contribution in [0.5, 0.6) is 11.5 Å². The number of para-hydroxylation sites is 7. The monoisotopic (exact) mass is 2390 g/mol. The van der Waals surface area contributed by atoms with Gasteiger partial charge in [-0.15, -0.1) is 179 Å². The Labute approximate surface area is 873 Å². The van der Waals surface area contributed by atoms with Crippen molar-refractivity contribution in [1.29, 1.82) is 0 Å². The van der Waals surface area contributed by atoms with Crippen LogP contribution in [0.3, 0.4) is 0 Å². The van der Waals surface area contributed by atoms with Crippen LogP contribution < -0.4 is 9.64 Å². The molecule has 6 aromatic heterocycles. The quantitative estimate of drug-likeness (QED) is 0.0611. The fraction of sp³-hybridized carbons (Fsp3) is 0.213. The molecule has 0 aliphatic carbocycles. The van der Waals surface area contributed by atoms with Gasteiger partial charge in [-0.25, -0.2) is 0 Å². The molecule has 0 atom stereocenters. The summed E-state index contributed by atoms with van der Waals surface area (Å²) >= 11 is 1.66. The molecule has 0 radical (unpaired) electrons. The van der Waals surface area contributed by atoms with E-state index in [1.807, 2.05) is 74.0 Å². The molecular formula is C122H115N13OPt3S. The summed E-state index contributed by atoms with van der Waals surface area (Å²) in [5.41, 5.74) is 36.1. The van der Waals surface area contributed by atoms with Crippen LogP contribution in [-0.4, -0.2) is 57.3 Å². The van der Waals surface area contributed by atoms with Crippen molar-refractivity contribution in [3.63, 3.8) is 0 Å². The van der Waals surface area contributed by atoms with Crippen molar-refractivity contribution >= 4 is 28.8 Å². The molecule has 0 unspecified atom stereocenters. The van der Waals surface area contributed by atoms with Gasteiger partial charge in [0.05, 0.1) is 59.4 Å². The van der Waals surface area contributed by atoms with E-state index in [0.29, 0.717) is 53.9 Å². The molecule has 1 aliphatic heterocycles. The average Bonchev–Trinajstić information content (AvgIpc) is 1.58. The molecule has 0 N–H and O–H groups in total. The normalized spacial score (nSPS) is 11.6. The van der Waals surface area contributed by atoms with Gasteiger partial charge in [0.1, 0.15) is 11.6 Å². The van der Waals surface area contributed by atoms with E-state index < -0.39 is 0 Å². The van der Waals surface area contributed by atoms with E-state index in [1.165, 1.54) is 95.2 Å². The fourth-order valence-electron chi connectivity index (χ4n) is 18.8. The maximum Gasteiger partial charge on any atom is 2.00 e. The van der Waals surface area contributed by atoms with E-state index in [4.69, 9.17) is 29.7 Å². The Kier molecular flexibility index (Phi) is 32.8. The first kappa shape index (κ1) is 102. The van der Waals surface area contributed by atoms with Gasteiger partial charge in [-0.2, -0.15) is 0 Å². The van der Waals surface area contributed by atoms with Gasteiger partial charge < -0.3 is 37.0 Å². The van der Waals surface area contributed by atoms with Crippen molar-refractivity contribution < 1.29 is 67.9 Å². The molecule has 13 aromatic carbocycles. The summed E-state index contributed by atoms with van der Waals surface area (Å²) in [5, 5.41) is 0. The zero-order chi connectivity index (χ0) is 95.2. The number of benzene rings is 13. The zero-order valence-corrected chi connectivity index (χ0v) is 89.9. The summed E-state index contributed by atoms with van der Waals surface area (Å²) in [6, 6.07) is 108. The van der Waals surface area contributed by atoms with Crippen molar-refractivity contribution in [3.8, 4) is 113 Å². The number of fused-ring (bicyclic) bond motifs is 10. The molecule has 710 valence electrons. The molecule has 1 aliphatic rings. The molecule has 0 spiro atoms. The predicted octanol–water partition coefficient (Wildman–Crippen LogP) is 30.4. The third kappa shape index (κ3) is 22.6. The maximum absolute atomic E-state index is 6.21. The molecule has 0 amide bonds. The third-order valence-corrected chi connectivity index (χ3v) is 26.1. The molecule has 140 heavy (non-hydrogen) atoms. The minimum Gasteiger partial charge on any atom is -0.497 e. The van der Waals surface area contributed by atoms with Crippen LogP contribution in [0, 0.1) is 96.7 Å². The van der Waals surface area contributed by atoms with Crippen LogP contribution >= 0.6 is 11.8 Å². The summed E-state index contributed by atoms with van der Waals surface area (Å²) in [6.45, 7) is 37.6. The van der Waals surface area contributed by atoms with Gasteiger partial charge >= 0.3 is 63.2 Å². The SMILES string of the molecule is Cc1cccc(C(C)C)c1-n1cnc(-c2[c-]c(Sc3[c-]c(-c4cn(-c5c(CC(C)C)cccc5CC(C)C)cn4)ccc3)ccc2)c1.Cc1cccc(C)c1-n1cc2nc1CCc1nc(cn1-c1c(C)cccc1C(C)C)-c1[c-]c(ccc1)N(c1ccccc1)c1[c-]c-2ccc1.Cc1cccc(C)c1-n1cnc(-c2[c-]c(Oc3[c-]c(-c4cn(-c5c(C)cccc5C(C)C)cn4)ccc3)ccc2)c1.[Pt+2].[Pt+2].[Pt+2]. The number of imidazole rings is 6. The van der Waals surface area contributed by atoms with E-state index >= 15 is 0 Å². The van der Waals surface area contributed by atoms with Gasteiger partial charge in [0.2, 0.25) is 0 Å². The molecular weight excluding hydrogens is 2280 g/mol. The first-order chi connectivity index (χ1) is 66.4. The number of nitrogens with zero attached hydrogens (tertiary/aromatic N) is 13. The summed E-state index contributed by atoms with van der Waals surface area (Å²) in [4.78, 5) is 34.0. The second kappa shape index (κ2) is 45.2. The first-order valence-electron chi connectivity index (χ1n) is 47.6. The molecule has 14 nitrogen and oxygen atoms in total. The van der Waals surface area contributed by atoms with Crippen LogP contribution in [0.15, 0.2) is 321 Å². The van der Waals surface area contributed by atoms with Gasteiger partial charge in [0, 0.05) is 64.2 Å². The van der Waals surface area contributed by atoms with Crippen molar-refractivity contribution in [2.45, 2.75) is 171 Å². The summed E-state index contributed by atoms with van der Waals surface area (Å²) < 4.78 is 19.4. The van der Waals surface area contributed by atoms with Crippen molar-refractivity contribution in [1.82, 2.24) is 57.3 Å². The minimum atomic E-state index is 0. The molecule has 8 bridgehead atoms. The molecule has 18 heteroatoms. The van der Waals surface area contributed by atoms with Crippen LogP contribution in [0.4, 0.5) is 17.1 Å². The summed E-state index contributed by atoms with van der Waals surface area (Å²) in [6.07, 6.45) is 23.9. The number of aryl methyl sites for hydroxylation is 9. The Hall–Kier alpha value is -12.9. The van der Waals surface area contributed by atoms with Crippen molar-refractivity contribution in [2.24, 2.45) is 11.8 Å². The topological polar surface area (TPSA) is 119 Å². The predicted molar refractivity (Wildman–Crippen MR) is 559 cm³/mol. The number of hydrogen-bond acceptors (Lipinski definition) is 9. The average molecular weight is 2400 g/mol.